The molecule has 0 saturated carbocycles. The fraction of sp³-hybridized carbons (Fsp3) is 0.625. The average Bonchev–Trinajstić information content (AvgIpc) is 2.26. The predicted molar refractivity (Wildman–Crippen MR) is 77.8 cm³/mol. The summed E-state index contributed by atoms with van der Waals surface area (Å²) in [5.41, 5.74) is 10.5. The van der Waals surface area contributed by atoms with Crippen LogP contribution in [0.5, 0.6) is 0 Å². The number of hydrogen-bond acceptors (Lipinski definition) is 2. The van der Waals surface area contributed by atoms with Gasteiger partial charge >= 0.3 is 0 Å². The second-order valence-corrected chi connectivity index (χ2v) is 6.42. The summed E-state index contributed by atoms with van der Waals surface area (Å²) >= 11 is 0. The topological polar surface area (TPSA) is 29.3 Å². The molecule has 0 saturated heterocycles. The van der Waals surface area contributed by atoms with Crippen molar-refractivity contribution in [3.8, 4) is 0 Å². The van der Waals surface area contributed by atoms with Crippen molar-refractivity contribution < 1.29 is 0 Å². The van der Waals surface area contributed by atoms with Crippen molar-refractivity contribution >= 4 is 0 Å². The van der Waals surface area contributed by atoms with Crippen LogP contribution in [0.15, 0.2) is 18.2 Å². The summed E-state index contributed by atoms with van der Waals surface area (Å²) in [5, 5.41) is 0. The average molecular weight is 246 g/mol. The van der Waals surface area contributed by atoms with E-state index in [-0.39, 0.29) is 11.6 Å². The highest BCUT2D eigenvalue weighted by molar-refractivity contribution is 5.36. The highest BCUT2D eigenvalue weighted by Crippen LogP contribution is 2.31. The molecule has 2 heteroatoms. The molecular weight excluding hydrogens is 220 g/mol. The zero-order chi connectivity index (χ0) is 13.3. The molecular formula is C16H26N2. The maximum atomic E-state index is 6.35. The van der Waals surface area contributed by atoms with Gasteiger partial charge in [0.2, 0.25) is 0 Å². The lowest BCUT2D eigenvalue weighted by Crippen LogP contribution is -2.45. The van der Waals surface area contributed by atoms with Gasteiger partial charge in [0.05, 0.1) is 6.04 Å². The first-order chi connectivity index (χ1) is 8.39. The van der Waals surface area contributed by atoms with Gasteiger partial charge in [-0.2, -0.15) is 0 Å². The second-order valence-electron chi connectivity index (χ2n) is 6.42. The van der Waals surface area contributed by atoms with E-state index in [0.29, 0.717) is 0 Å². The normalized spacial score (nSPS) is 17.7. The van der Waals surface area contributed by atoms with Gasteiger partial charge in [0, 0.05) is 5.54 Å². The van der Waals surface area contributed by atoms with E-state index in [9.17, 15) is 0 Å². The van der Waals surface area contributed by atoms with Crippen molar-refractivity contribution in [3.05, 3.63) is 34.9 Å². The minimum Gasteiger partial charge on any atom is -0.324 e. The Kier molecular flexibility index (Phi) is 3.79. The molecule has 0 bridgehead atoms. The van der Waals surface area contributed by atoms with Gasteiger partial charge in [-0.15, -0.1) is 0 Å². The molecule has 2 N–H and O–H groups in total. The lowest BCUT2D eigenvalue weighted by atomic mass is 9.84. The largest absolute Gasteiger partial charge is 0.324 e. The van der Waals surface area contributed by atoms with Crippen LogP contribution in [0.3, 0.4) is 0 Å². The predicted octanol–water partition coefficient (Wildman–Crippen LogP) is 2.91. The van der Waals surface area contributed by atoms with Crippen molar-refractivity contribution in [3.63, 3.8) is 0 Å². The molecule has 0 fully saturated rings. The first kappa shape index (κ1) is 13.6. The molecule has 1 unspecified atom stereocenters. The van der Waals surface area contributed by atoms with Gasteiger partial charge in [0.15, 0.2) is 0 Å². The summed E-state index contributed by atoms with van der Waals surface area (Å²) in [4.78, 5) is 2.23. The molecule has 0 amide bonds. The first-order valence-electron chi connectivity index (χ1n) is 6.96. The summed E-state index contributed by atoms with van der Waals surface area (Å²) in [5.74, 6) is 0. The molecule has 2 rings (SSSR count). The number of fused-ring (bicyclic) bond motifs is 1. The van der Waals surface area contributed by atoms with Crippen molar-refractivity contribution in [1.29, 1.82) is 0 Å². The third-order valence-corrected chi connectivity index (χ3v) is 3.91. The Morgan fingerprint density at radius 3 is 2.28 bits per heavy atom. The van der Waals surface area contributed by atoms with Gasteiger partial charge in [0.1, 0.15) is 0 Å². The SMILES string of the molecule is CN(C)C(c1ccc2c(c1)CCCC2)C(C)(C)N. The van der Waals surface area contributed by atoms with Gasteiger partial charge in [-0.3, -0.25) is 0 Å². The standard InChI is InChI=1S/C16H26N2/c1-16(2,17)15(18(3)4)14-10-9-12-7-5-6-8-13(12)11-14/h9-11,15H,5-8,17H2,1-4H3. The van der Waals surface area contributed by atoms with E-state index in [4.69, 9.17) is 5.73 Å². The molecule has 1 aliphatic carbocycles. The van der Waals surface area contributed by atoms with E-state index in [1.54, 1.807) is 0 Å². The molecule has 1 aromatic rings. The Morgan fingerprint density at radius 1 is 1.11 bits per heavy atom. The summed E-state index contributed by atoms with van der Waals surface area (Å²) in [6, 6.07) is 7.23. The van der Waals surface area contributed by atoms with E-state index in [1.807, 2.05) is 0 Å². The maximum absolute atomic E-state index is 6.35. The van der Waals surface area contributed by atoms with E-state index in [1.165, 1.54) is 42.4 Å². The molecule has 0 aliphatic heterocycles. The molecule has 1 aliphatic rings. The van der Waals surface area contributed by atoms with Crippen molar-refractivity contribution in [1.82, 2.24) is 4.90 Å². The molecule has 1 atom stereocenters. The zero-order valence-corrected chi connectivity index (χ0v) is 12.2. The fourth-order valence-electron chi connectivity index (χ4n) is 3.32. The highest BCUT2D eigenvalue weighted by Gasteiger charge is 2.29. The van der Waals surface area contributed by atoms with Crippen LogP contribution in [0.25, 0.3) is 0 Å². The van der Waals surface area contributed by atoms with Crippen LogP contribution < -0.4 is 5.73 Å². The summed E-state index contributed by atoms with van der Waals surface area (Å²) in [6.07, 6.45) is 5.14. The van der Waals surface area contributed by atoms with Crippen LogP contribution >= 0.6 is 0 Å². The monoisotopic (exact) mass is 246 g/mol. The third kappa shape index (κ3) is 2.76. The highest BCUT2D eigenvalue weighted by atomic mass is 15.1. The smallest absolute Gasteiger partial charge is 0.0517 e. The lowest BCUT2D eigenvalue weighted by molar-refractivity contribution is 0.204. The zero-order valence-electron chi connectivity index (χ0n) is 12.2. The van der Waals surface area contributed by atoms with E-state index < -0.39 is 0 Å². The Morgan fingerprint density at radius 2 is 1.72 bits per heavy atom. The van der Waals surface area contributed by atoms with Crippen LogP contribution in [0.4, 0.5) is 0 Å². The Bertz CT molecular complexity index is 416. The number of nitrogens with zero attached hydrogens (tertiary/aromatic N) is 1. The Labute approximate surface area is 111 Å². The van der Waals surface area contributed by atoms with Crippen LogP contribution in [0, 0.1) is 0 Å². The molecule has 1 aromatic carbocycles. The third-order valence-electron chi connectivity index (χ3n) is 3.91. The lowest BCUT2D eigenvalue weighted by Gasteiger charge is -2.36. The molecule has 0 aromatic heterocycles. The summed E-state index contributed by atoms with van der Waals surface area (Å²) in [7, 11) is 4.22. The molecule has 18 heavy (non-hydrogen) atoms. The minimum absolute atomic E-state index is 0.230. The maximum Gasteiger partial charge on any atom is 0.0517 e. The minimum atomic E-state index is -0.230. The van der Waals surface area contributed by atoms with Gasteiger partial charge < -0.3 is 10.6 Å². The number of rotatable bonds is 3. The summed E-state index contributed by atoms with van der Waals surface area (Å²) < 4.78 is 0. The second kappa shape index (κ2) is 5.02. The Balaban J connectivity index is 2.37. The quantitative estimate of drug-likeness (QED) is 0.888. The molecule has 2 nitrogen and oxygen atoms in total. The van der Waals surface area contributed by atoms with Crippen molar-refractivity contribution in [2.24, 2.45) is 5.73 Å². The van der Waals surface area contributed by atoms with Gasteiger partial charge in [-0.1, -0.05) is 18.2 Å². The van der Waals surface area contributed by atoms with Crippen LogP contribution in [0.2, 0.25) is 0 Å². The number of aryl methyl sites for hydroxylation is 2. The fourth-order valence-corrected chi connectivity index (χ4v) is 3.32. The van der Waals surface area contributed by atoms with Gasteiger partial charge in [-0.25, -0.2) is 0 Å². The van der Waals surface area contributed by atoms with E-state index in [2.05, 4.69) is 51.0 Å². The number of nitrogens with two attached hydrogens (primary N) is 1. The van der Waals surface area contributed by atoms with Crippen molar-refractivity contribution in [2.45, 2.75) is 51.1 Å². The van der Waals surface area contributed by atoms with E-state index in [0.717, 1.165) is 0 Å². The molecule has 0 radical (unpaired) electrons. The Hall–Kier alpha value is -0.860. The van der Waals surface area contributed by atoms with Crippen LogP contribution in [-0.4, -0.2) is 24.5 Å². The molecule has 0 heterocycles. The van der Waals surface area contributed by atoms with E-state index >= 15 is 0 Å². The van der Waals surface area contributed by atoms with Gasteiger partial charge in [-0.05, 0) is 70.3 Å². The number of benzene rings is 1. The number of likely N-dealkylation sites (N-methyl/N-ethyl adjacent to an activating group) is 1. The molecule has 0 spiro atoms. The first-order valence-corrected chi connectivity index (χ1v) is 6.96. The van der Waals surface area contributed by atoms with Crippen molar-refractivity contribution in [2.75, 3.05) is 14.1 Å². The number of hydrogen-bond donors (Lipinski definition) is 1. The van der Waals surface area contributed by atoms with Gasteiger partial charge in [0.25, 0.3) is 0 Å². The molecule has 100 valence electrons. The summed E-state index contributed by atoms with van der Waals surface area (Å²) in [6.45, 7) is 4.22. The van der Waals surface area contributed by atoms with Crippen LogP contribution in [0.1, 0.15) is 49.4 Å². The van der Waals surface area contributed by atoms with Crippen LogP contribution in [-0.2, 0) is 12.8 Å².